The summed E-state index contributed by atoms with van der Waals surface area (Å²) in [7, 11) is 3.44. The van der Waals surface area contributed by atoms with Crippen molar-refractivity contribution in [3.8, 4) is 0 Å². The van der Waals surface area contributed by atoms with Gasteiger partial charge in [0.2, 0.25) is 0 Å². The first kappa shape index (κ1) is 15.2. The van der Waals surface area contributed by atoms with E-state index in [0.29, 0.717) is 26.2 Å². The Kier molecular flexibility index (Phi) is 4.37. The summed E-state index contributed by atoms with van der Waals surface area (Å²) in [5.74, 6) is -1.19. The molecule has 7 nitrogen and oxygen atoms in total. The summed E-state index contributed by atoms with van der Waals surface area (Å²) < 4.78 is 13.6. The van der Waals surface area contributed by atoms with Crippen LogP contribution < -0.4 is 5.32 Å². The van der Waals surface area contributed by atoms with Crippen molar-refractivity contribution in [1.82, 2.24) is 9.80 Å². The lowest BCUT2D eigenvalue weighted by Crippen LogP contribution is -2.47. The van der Waals surface area contributed by atoms with Crippen LogP contribution in [-0.2, 0) is 0 Å². The van der Waals surface area contributed by atoms with Crippen molar-refractivity contribution in [3.63, 3.8) is 0 Å². The van der Waals surface area contributed by atoms with Crippen LogP contribution in [0.15, 0.2) is 12.1 Å². The van der Waals surface area contributed by atoms with E-state index in [2.05, 4.69) is 10.2 Å². The molecule has 1 N–H and O–H groups in total. The molecular formula is C13H17FN4O3. The van der Waals surface area contributed by atoms with E-state index in [1.165, 1.54) is 13.1 Å². The van der Waals surface area contributed by atoms with Gasteiger partial charge in [-0.2, -0.15) is 0 Å². The highest BCUT2D eigenvalue weighted by Gasteiger charge is 2.28. The number of hydrogen-bond acceptors (Lipinski definition) is 5. The molecule has 1 aliphatic rings. The minimum absolute atomic E-state index is 0.0677. The van der Waals surface area contributed by atoms with Crippen LogP contribution in [0.2, 0.25) is 0 Å². The van der Waals surface area contributed by atoms with Gasteiger partial charge >= 0.3 is 0 Å². The minimum Gasteiger partial charge on any atom is -0.386 e. The maximum atomic E-state index is 13.6. The SMILES string of the molecule is CNc1cc(C(=O)N2CCN(C)CC2)c([N+](=O)[O-])cc1F. The second-order valence-corrected chi connectivity index (χ2v) is 4.95. The first-order valence-corrected chi connectivity index (χ1v) is 6.57. The van der Waals surface area contributed by atoms with Gasteiger partial charge in [0.15, 0.2) is 5.82 Å². The van der Waals surface area contributed by atoms with Crippen molar-refractivity contribution in [1.29, 1.82) is 0 Å². The molecule has 0 spiro atoms. The molecule has 0 radical (unpaired) electrons. The molecule has 1 aromatic carbocycles. The molecule has 0 bridgehead atoms. The van der Waals surface area contributed by atoms with Crippen molar-refractivity contribution in [2.45, 2.75) is 0 Å². The predicted octanol–water partition coefficient (Wildman–Crippen LogP) is 1.16. The van der Waals surface area contributed by atoms with Gasteiger partial charge in [0.05, 0.1) is 16.7 Å². The number of anilines is 1. The Hall–Kier alpha value is -2.22. The zero-order valence-corrected chi connectivity index (χ0v) is 11.9. The van der Waals surface area contributed by atoms with E-state index in [1.54, 1.807) is 4.90 Å². The smallest absolute Gasteiger partial charge is 0.285 e. The fourth-order valence-corrected chi connectivity index (χ4v) is 2.26. The Balaban J connectivity index is 2.37. The van der Waals surface area contributed by atoms with Gasteiger partial charge in [0, 0.05) is 33.2 Å². The number of hydrogen-bond donors (Lipinski definition) is 1. The number of halogens is 1. The van der Waals surface area contributed by atoms with Crippen LogP contribution >= 0.6 is 0 Å². The number of carbonyl (C=O) groups excluding carboxylic acids is 1. The van der Waals surface area contributed by atoms with Crippen molar-refractivity contribution in [2.24, 2.45) is 0 Å². The molecule has 21 heavy (non-hydrogen) atoms. The molecule has 1 saturated heterocycles. The molecule has 0 aliphatic carbocycles. The summed E-state index contributed by atoms with van der Waals surface area (Å²) in [6.45, 7) is 2.41. The van der Waals surface area contributed by atoms with E-state index in [-0.39, 0.29) is 11.3 Å². The Bertz CT molecular complexity index is 571. The molecular weight excluding hydrogens is 279 g/mol. The van der Waals surface area contributed by atoms with Crippen LogP contribution in [0.4, 0.5) is 15.8 Å². The Morgan fingerprint density at radius 1 is 1.33 bits per heavy atom. The average Bonchev–Trinajstić information content (AvgIpc) is 2.47. The number of rotatable bonds is 3. The topological polar surface area (TPSA) is 78.7 Å². The van der Waals surface area contributed by atoms with Crippen LogP contribution in [-0.4, -0.2) is 60.9 Å². The second kappa shape index (κ2) is 6.04. The van der Waals surface area contributed by atoms with Gasteiger partial charge in [0.1, 0.15) is 5.56 Å². The van der Waals surface area contributed by atoms with E-state index in [0.717, 1.165) is 6.07 Å². The van der Waals surface area contributed by atoms with Crippen molar-refractivity contribution < 1.29 is 14.1 Å². The summed E-state index contributed by atoms with van der Waals surface area (Å²) in [5, 5.41) is 13.6. The third-order valence-electron chi connectivity index (χ3n) is 3.57. The fourth-order valence-electron chi connectivity index (χ4n) is 2.26. The highest BCUT2D eigenvalue weighted by molar-refractivity contribution is 5.99. The lowest BCUT2D eigenvalue weighted by atomic mass is 10.1. The van der Waals surface area contributed by atoms with E-state index in [4.69, 9.17) is 0 Å². The Morgan fingerprint density at radius 2 is 1.95 bits per heavy atom. The quantitative estimate of drug-likeness (QED) is 0.669. The van der Waals surface area contributed by atoms with Gasteiger partial charge in [0.25, 0.3) is 11.6 Å². The number of nitro benzene ring substituents is 1. The van der Waals surface area contributed by atoms with E-state index < -0.39 is 22.3 Å². The first-order valence-electron chi connectivity index (χ1n) is 6.57. The second-order valence-electron chi connectivity index (χ2n) is 4.95. The standard InChI is InChI=1S/C13H17FN4O3/c1-15-11-7-9(12(18(20)21)8-10(11)14)13(19)17-5-3-16(2)4-6-17/h7-8,15H,3-6H2,1-2H3. The average molecular weight is 296 g/mol. The highest BCUT2D eigenvalue weighted by Crippen LogP contribution is 2.27. The predicted molar refractivity (Wildman–Crippen MR) is 76.0 cm³/mol. The largest absolute Gasteiger partial charge is 0.386 e. The number of nitro groups is 1. The summed E-state index contributed by atoms with van der Waals surface area (Å²) in [6.07, 6.45) is 0. The molecule has 1 heterocycles. The number of benzene rings is 1. The maximum Gasteiger partial charge on any atom is 0.285 e. The van der Waals surface area contributed by atoms with Gasteiger partial charge in [-0.15, -0.1) is 0 Å². The van der Waals surface area contributed by atoms with Gasteiger partial charge in [-0.05, 0) is 13.1 Å². The van der Waals surface area contributed by atoms with Crippen LogP contribution in [0, 0.1) is 15.9 Å². The van der Waals surface area contributed by atoms with Crippen LogP contribution in [0.25, 0.3) is 0 Å². The minimum atomic E-state index is -0.751. The monoisotopic (exact) mass is 296 g/mol. The zero-order valence-electron chi connectivity index (χ0n) is 11.9. The van der Waals surface area contributed by atoms with E-state index in [9.17, 15) is 19.3 Å². The molecule has 0 unspecified atom stereocenters. The molecule has 8 heteroatoms. The number of likely N-dealkylation sites (N-methyl/N-ethyl adjacent to an activating group) is 1. The zero-order chi connectivity index (χ0) is 15.6. The summed E-state index contributed by atoms with van der Waals surface area (Å²) in [4.78, 5) is 26.4. The van der Waals surface area contributed by atoms with Gasteiger partial charge < -0.3 is 15.1 Å². The van der Waals surface area contributed by atoms with Crippen molar-refractivity contribution in [3.05, 3.63) is 33.6 Å². The third kappa shape index (κ3) is 3.10. The van der Waals surface area contributed by atoms with Crippen LogP contribution in [0.3, 0.4) is 0 Å². The summed E-state index contributed by atoms with van der Waals surface area (Å²) in [5.41, 5.74) is -0.524. The molecule has 0 aromatic heterocycles. The lowest BCUT2D eigenvalue weighted by molar-refractivity contribution is -0.385. The number of nitrogens with one attached hydrogen (secondary N) is 1. The van der Waals surface area contributed by atoms with Gasteiger partial charge in [-0.1, -0.05) is 0 Å². The molecule has 0 atom stereocenters. The summed E-state index contributed by atoms with van der Waals surface area (Å²) >= 11 is 0. The van der Waals surface area contributed by atoms with E-state index in [1.807, 2.05) is 7.05 Å². The Morgan fingerprint density at radius 3 is 2.48 bits per heavy atom. The number of piperazine rings is 1. The van der Waals surface area contributed by atoms with Crippen molar-refractivity contribution >= 4 is 17.3 Å². The molecule has 0 saturated carbocycles. The number of carbonyl (C=O) groups is 1. The van der Waals surface area contributed by atoms with Crippen LogP contribution in [0.5, 0.6) is 0 Å². The van der Waals surface area contributed by atoms with Crippen LogP contribution in [0.1, 0.15) is 10.4 Å². The van der Waals surface area contributed by atoms with E-state index >= 15 is 0 Å². The normalized spacial score (nSPS) is 15.9. The van der Waals surface area contributed by atoms with Crippen molar-refractivity contribution in [2.75, 3.05) is 45.6 Å². The molecule has 1 aromatic rings. The number of nitrogens with zero attached hydrogens (tertiary/aromatic N) is 3. The number of amides is 1. The fraction of sp³-hybridized carbons (Fsp3) is 0.462. The molecule has 1 fully saturated rings. The highest BCUT2D eigenvalue weighted by atomic mass is 19.1. The molecule has 2 rings (SSSR count). The first-order chi connectivity index (χ1) is 9.93. The lowest BCUT2D eigenvalue weighted by Gasteiger charge is -2.32. The summed E-state index contributed by atoms with van der Waals surface area (Å²) in [6, 6.07) is 1.99. The third-order valence-corrected chi connectivity index (χ3v) is 3.57. The molecule has 1 aliphatic heterocycles. The van der Waals surface area contributed by atoms with Gasteiger partial charge in [-0.25, -0.2) is 4.39 Å². The molecule has 114 valence electrons. The molecule has 1 amide bonds. The van der Waals surface area contributed by atoms with Gasteiger partial charge in [-0.3, -0.25) is 14.9 Å². The Labute approximate surface area is 121 Å². The maximum absolute atomic E-state index is 13.6.